The van der Waals surface area contributed by atoms with Crippen molar-refractivity contribution in [3.05, 3.63) is 105 Å². The summed E-state index contributed by atoms with van der Waals surface area (Å²) in [5, 5.41) is 3.60. The van der Waals surface area contributed by atoms with Gasteiger partial charge in [-0.3, -0.25) is 24.1 Å². The van der Waals surface area contributed by atoms with Gasteiger partial charge in [0.25, 0.3) is 11.8 Å². The van der Waals surface area contributed by atoms with E-state index in [0.717, 1.165) is 11.1 Å². The largest absolute Gasteiger partial charge is 0.355 e. The number of imide groups is 1. The van der Waals surface area contributed by atoms with Gasteiger partial charge >= 0.3 is 0 Å². The molecule has 0 aliphatic carbocycles. The molecule has 0 bridgehead atoms. The summed E-state index contributed by atoms with van der Waals surface area (Å²) >= 11 is 12.3. The van der Waals surface area contributed by atoms with Crippen LogP contribution in [0, 0.1) is 0 Å². The topological polar surface area (TPSA) is 86.8 Å². The first-order valence-corrected chi connectivity index (χ1v) is 13.6. The van der Waals surface area contributed by atoms with Crippen molar-refractivity contribution in [1.29, 1.82) is 0 Å². The maximum absolute atomic E-state index is 13.7. The molecule has 1 N–H and O–H groups in total. The molecule has 1 aliphatic heterocycles. The van der Waals surface area contributed by atoms with Crippen LogP contribution in [-0.2, 0) is 22.6 Å². The second kappa shape index (κ2) is 12.9. The highest BCUT2D eigenvalue weighted by molar-refractivity contribution is 6.42. The van der Waals surface area contributed by atoms with E-state index < -0.39 is 6.04 Å². The van der Waals surface area contributed by atoms with Crippen LogP contribution in [0.3, 0.4) is 0 Å². The molecule has 202 valence electrons. The van der Waals surface area contributed by atoms with E-state index in [4.69, 9.17) is 23.2 Å². The SMILES string of the molecule is CCNC(=O)[C@H](Cc1ccccc1)N(Cc1ccc(Cl)c(Cl)c1)C(=O)CCCN1C(=O)c2ccccc2C1=O. The highest BCUT2D eigenvalue weighted by Gasteiger charge is 2.35. The average Bonchev–Trinajstić information content (AvgIpc) is 3.18. The first-order chi connectivity index (χ1) is 18.8. The van der Waals surface area contributed by atoms with Gasteiger partial charge in [0.1, 0.15) is 6.04 Å². The van der Waals surface area contributed by atoms with Crippen LogP contribution in [0.2, 0.25) is 10.0 Å². The third kappa shape index (κ3) is 6.67. The van der Waals surface area contributed by atoms with Crippen molar-refractivity contribution in [1.82, 2.24) is 15.1 Å². The maximum atomic E-state index is 13.7. The Labute approximate surface area is 237 Å². The number of fused-ring (bicyclic) bond motifs is 1. The van der Waals surface area contributed by atoms with E-state index in [1.165, 1.54) is 4.90 Å². The minimum Gasteiger partial charge on any atom is -0.355 e. The number of likely N-dealkylation sites (N-methyl/N-ethyl adjacent to an activating group) is 1. The number of amides is 4. The quantitative estimate of drug-likeness (QED) is 0.326. The van der Waals surface area contributed by atoms with Crippen molar-refractivity contribution < 1.29 is 19.2 Å². The maximum Gasteiger partial charge on any atom is 0.261 e. The van der Waals surface area contributed by atoms with Crippen LogP contribution in [0.5, 0.6) is 0 Å². The smallest absolute Gasteiger partial charge is 0.261 e. The number of nitrogens with zero attached hydrogens (tertiary/aromatic N) is 2. The van der Waals surface area contributed by atoms with E-state index in [0.29, 0.717) is 34.1 Å². The Morgan fingerprint density at radius 1 is 0.872 bits per heavy atom. The highest BCUT2D eigenvalue weighted by Crippen LogP contribution is 2.26. The fourth-order valence-electron chi connectivity index (χ4n) is 4.65. The number of nitrogens with one attached hydrogen (secondary N) is 1. The minimum absolute atomic E-state index is 0.0411. The predicted octanol–water partition coefficient (Wildman–Crippen LogP) is 5.15. The molecule has 3 aromatic carbocycles. The van der Waals surface area contributed by atoms with Crippen molar-refractivity contribution in [3.8, 4) is 0 Å². The summed E-state index contributed by atoms with van der Waals surface area (Å²) in [6, 6.07) is 20.5. The molecule has 4 rings (SSSR count). The second-order valence-electron chi connectivity index (χ2n) is 9.28. The Kier molecular flexibility index (Phi) is 9.38. The van der Waals surface area contributed by atoms with E-state index in [1.807, 2.05) is 37.3 Å². The molecule has 0 radical (unpaired) electrons. The molecule has 0 unspecified atom stereocenters. The Morgan fingerprint density at radius 2 is 1.51 bits per heavy atom. The molecule has 0 spiro atoms. The van der Waals surface area contributed by atoms with Gasteiger partial charge in [0.15, 0.2) is 0 Å². The van der Waals surface area contributed by atoms with Gasteiger partial charge in [0.05, 0.1) is 21.2 Å². The Bertz CT molecular complexity index is 1340. The Morgan fingerprint density at radius 3 is 2.13 bits per heavy atom. The second-order valence-corrected chi connectivity index (χ2v) is 10.1. The zero-order chi connectivity index (χ0) is 27.9. The Hall–Kier alpha value is -3.68. The molecule has 1 aliphatic rings. The van der Waals surface area contributed by atoms with Crippen molar-refractivity contribution in [2.45, 2.75) is 38.8 Å². The molecule has 1 heterocycles. The molecule has 0 aromatic heterocycles. The molecule has 3 aromatic rings. The molecule has 0 fully saturated rings. The van der Waals surface area contributed by atoms with Crippen LogP contribution < -0.4 is 5.32 Å². The van der Waals surface area contributed by atoms with Crippen molar-refractivity contribution >= 4 is 46.8 Å². The summed E-state index contributed by atoms with van der Waals surface area (Å²) in [5.74, 6) is -1.26. The summed E-state index contributed by atoms with van der Waals surface area (Å²) in [5.41, 5.74) is 2.37. The van der Waals surface area contributed by atoms with Gasteiger partial charge in [-0.1, -0.05) is 71.7 Å². The number of hydrogen-bond acceptors (Lipinski definition) is 4. The summed E-state index contributed by atoms with van der Waals surface area (Å²) < 4.78 is 0. The molecule has 39 heavy (non-hydrogen) atoms. The lowest BCUT2D eigenvalue weighted by Gasteiger charge is -2.32. The van der Waals surface area contributed by atoms with Crippen LogP contribution in [0.1, 0.15) is 51.6 Å². The summed E-state index contributed by atoms with van der Waals surface area (Å²) in [6.45, 7) is 2.48. The van der Waals surface area contributed by atoms with E-state index in [2.05, 4.69) is 5.32 Å². The van der Waals surface area contributed by atoms with E-state index >= 15 is 0 Å². The fourth-order valence-corrected chi connectivity index (χ4v) is 4.98. The van der Waals surface area contributed by atoms with Gasteiger partial charge in [-0.25, -0.2) is 0 Å². The van der Waals surface area contributed by atoms with Crippen molar-refractivity contribution in [2.75, 3.05) is 13.1 Å². The van der Waals surface area contributed by atoms with Crippen LogP contribution >= 0.6 is 23.2 Å². The number of rotatable bonds is 11. The van der Waals surface area contributed by atoms with Gasteiger partial charge in [-0.15, -0.1) is 0 Å². The lowest BCUT2D eigenvalue weighted by molar-refractivity contribution is -0.141. The van der Waals surface area contributed by atoms with E-state index in [-0.39, 0.29) is 49.6 Å². The standard InChI is InChI=1S/C30H29Cl2N3O4/c1-2-33-28(37)26(18-20-9-4-3-5-10-20)35(19-21-14-15-24(31)25(32)17-21)27(36)13-8-16-34-29(38)22-11-6-7-12-23(22)30(34)39/h3-7,9-12,14-15,17,26H,2,8,13,16,18-19H2,1H3,(H,33,37)/t26-/m0/s1. The average molecular weight is 566 g/mol. The number of benzene rings is 3. The van der Waals surface area contributed by atoms with Gasteiger partial charge in [0.2, 0.25) is 11.8 Å². The zero-order valence-corrected chi connectivity index (χ0v) is 23.0. The molecule has 0 saturated carbocycles. The molecule has 9 heteroatoms. The molecule has 0 saturated heterocycles. The number of carbonyl (C=O) groups excluding carboxylic acids is 4. The summed E-state index contributed by atoms with van der Waals surface area (Å²) in [4.78, 5) is 55.1. The fraction of sp³-hybridized carbons (Fsp3) is 0.267. The van der Waals surface area contributed by atoms with E-state index in [9.17, 15) is 19.2 Å². The first kappa shape index (κ1) is 28.3. The van der Waals surface area contributed by atoms with Gasteiger partial charge < -0.3 is 10.2 Å². The van der Waals surface area contributed by atoms with Crippen molar-refractivity contribution in [3.63, 3.8) is 0 Å². The normalized spacial score (nSPS) is 13.3. The summed E-state index contributed by atoms with van der Waals surface area (Å²) in [7, 11) is 0. The predicted molar refractivity (Wildman–Crippen MR) is 151 cm³/mol. The lowest BCUT2D eigenvalue weighted by atomic mass is 10.0. The monoisotopic (exact) mass is 565 g/mol. The Balaban J connectivity index is 1.54. The third-order valence-corrected chi connectivity index (χ3v) is 7.35. The molecular formula is C30H29Cl2N3O4. The van der Waals surface area contributed by atoms with Crippen LogP contribution in [0.25, 0.3) is 0 Å². The van der Waals surface area contributed by atoms with Crippen LogP contribution in [0.4, 0.5) is 0 Å². The molecule has 7 nitrogen and oxygen atoms in total. The minimum atomic E-state index is -0.784. The number of halogens is 2. The van der Waals surface area contributed by atoms with Gasteiger partial charge in [-0.2, -0.15) is 0 Å². The number of hydrogen-bond donors (Lipinski definition) is 1. The van der Waals surface area contributed by atoms with Crippen LogP contribution in [0.15, 0.2) is 72.8 Å². The third-order valence-electron chi connectivity index (χ3n) is 6.61. The van der Waals surface area contributed by atoms with E-state index in [1.54, 1.807) is 47.4 Å². The lowest BCUT2D eigenvalue weighted by Crippen LogP contribution is -2.50. The number of carbonyl (C=O) groups is 4. The van der Waals surface area contributed by atoms with Gasteiger partial charge in [-0.05, 0) is 48.7 Å². The molecular weight excluding hydrogens is 537 g/mol. The molecule has 1 atom stereocenters. The summed E-state index contributed by atoms with van der Waals surface area (Å²) in [6.07, 6.45) is 0.618. The van der Waals surface area contributed by atoms with Gasteiger partial charge in [0, 0.05) is 32.5 Å². The first-order valence-electron chi connectivity index (χ1n) is 12.8. The van der Waals surface area contributed by atoms with Crippen LogP contribution in [-0.4, -0.2) is 52.6 Å². The molecule has 4 amide bonds. The zero-order valence-electron chi connectivity index (χ0n) is 21.5. The highest BCUT2D eigenvalue weighted by atomic mass is 35.5. The van der Waals surface area contributed by atoms with Crippen molar-refractivity contribution in [2.24, 2.45) is 0 Å².